The summed E-state index contributed by atoms with van der Waals surface area (Å²) in [5, 5.41) is 11.6. The number of carbonyl (C=O) groups excluding carboxylic acids is 1. The van der Waals surface area contributed by atoms with E-state index in [2.05, 4.69) is 11.2 Å². The minimum Gasteiger partial charge on any atom is -0.481 e. The van der Waals surface area contributed by atoms with E-state index in [0.29, 0.717) is 12.5 Å². The van der Waals surface area contributed by atoms with E-state index in [1.54, 1.807) is 0 Å². The number of nitrogens with one attached hydrogen (secondary N) is 1. The number of aliphatic carboxylic acids is 1. The van der Waals surface area contributed by atoms with E-state index in [0.717, 1.165) is 51.6 Å². The van der Waals surface area contributed by atoms with Gasteiger partial charge in [-0.2, -0.15) is 0 Å². The maximum absolute atomic E-state index is 11.9. The van der Waals surface area contributed by atoms with Crippen molar-refractivity contribution in [3.05, 3.63) is 0 Å². The average Bonchev–Trinajstić information content (AvgIpc) is 2.45. The van der Waals surface area contributed by atoms with Crippen LogP contribution in [0.1, 0.15) is 44.9 Å². The second-order valence-corrected chi connectivity index (χ2v) is 5.26. The molecule has 1 rings (SSSR count). The smallest absolute Gasteiger partial charge is 0.317 e. The second kappa shape index (κ2) is 9.24. The van der Waals surface area contributed by atoms with Gasteiger partial charge in [0.1, 0.15) is 0 Å². The first-order valence-corrected chi connectivity index (χ1v) is 7.31. The van der Waals surface area contributed by atoms with E-state index in [9.17, 15) is 9.59 Å². The summed E-state index contributed by atoms with van der Waals surface area (Å²) in [5.41, 5.74) is 0. The topological polar surface area (TPSA) is 69.6 Å². The van der Waals surface area contributed by atoms with Gasteiger partial charge in [-0.15, -0.1) is 12.3 Å². The highest BCUT2D eigenvalue weighted by Crippen LogP contribution is 2.21. The number of nitrogens with zero attached hydrogens (tertiary/aromatic N) is 1. The van der Waals surface area contributed by atoms with Crippen LogP contribution >= 0.6 is 0 Å². The summed E-state index contributed by atoms with van der Waals surface area (Å²) in [4.78, 5) is 24.2. The van der Waals surface area contributed by atoms with Crippen molar-refractivity contribution in [3.63, 3.8) is 0 Å². The van der Waals surface area contributed by atoms with Crippen LogP contribution in [-0.2, 0) is 4.79 Å². The predicted molar refractivity (Wildman–Crippen MR) is 77.2 cm³/mol. The number of likely N-dealkylation sites (tertiary alicyclic amines) is 1. The lowest BCUT2D eigenvalue weighted by Gasteiger charge is -2.31. The molecule has 0 spiro atoms. The molecule has 1 aliphatic heterocycles. The number of rotatable bonds is 7. The second-order valence-electron chi connectivity index (χ2n) is 5.26. The molecular weight excluding hydrogens is 256 g/mol. The zero-order chi connectivity index (χ0) is 14.8. The van der Waals surface area contributed by atoms with E-state index in [1.807, 2.05) is 4.90 Å². The van der Waals surface area contributed by atoms with Crippen LogP contribution in [0.25, 0.3) is 0 Å². The van der Waals surface area contributed by atoms with Crippen LogP contribution in [0.5, 0.6) is 0 Å². The number of piperidine rings is 1. The maximum Gasteiger partial charge on any atom is 0.317 e. The molecule has 112 valence electrons. The van der Waals surface area contributed by atoms with Crippen molar-refractivity contribution in [1.29, 1.82) is 0 Å². The molecular formula is C15H24N2O3. The molecule has 0 bridgehead atoms. The molecule has 0 saturated carbocycles. The lowest BCUT2D eigenvalue weighted by molar-refractivity contribution is -0.137. The van der Waals surface area contributed by atoms with Crippen molar-refractivity contribution in [2.24, 2.45) is 5.92 Å². The van der Waals surface area contributed by atoms with Crippen LogP contribution in [0.2, 0.25) is 0 Å². The molecule has 0 aromatic rings. The monoisotopic (exact) mass is 280 g/mol. The van der Waals surface area contributed by atoms with E-state index >= 15 is 0 Å². The quantitative estimate of drug-likeness (QED) is 0.554. The fourth-order valence-electron chi connectivity index (χ4n) is 2.41. The van der Waals surface area contributed by atoms with Crippen LogP contribution in [0.15, 0.2) is 0 Å². The Morgan fingerprint density at radius 2 is 2.00 bits per heavy atom. The normalized spacial score (nSPS) is 15.7. The summed E-state index contributed by atoms with van der Waals surface area (Å²) in [6.45, 7) is 2.11. The Kier molecular flexibility index (Phi) is 7.56. The molecule has 0 radical (unpaired) electrons. The molecule has 1 saturated heterocycles. The summed E-state index contributed by atoms with van der Waals surface area (Å²) >= 11 is 0. The molecule has 2 N–H and O–H groups in total. The first kappa shape index (κ1) is 16.4. The number of hydrogen-bond acceptors (Lipinski definition) is 2. The number of terminal acetylenes is 1. The highest BCUT2D eigenvalue weighted by atomic mass is 16.4. The molecule has 0 atom stereocenters. The Bertz CT molecular complexity index is 355. The molecule has 1 aliphatic rings. The number of unbranched alkanes of at least 4 members (excludes halogenated alkanes) is 2. The van der Waals surface area contributed by atoms with Gasteiger partial charge in [-0.1, -0.05) is 0 Å². The van der Waals surface area contributed by atoms with Gasteiger partial charge in [0.2, 0.25) is 0 Å². The largest absolute Gasteiger partial charge is 0.481 e. The number of carboxylic acid groups (broad SMARTS) is 1. The average molecular weight is 280 g/mol. The van der Waals surface area contributed by atoms with Crippen LogP contribution in [0, 0.1) is 18.3 Å². The number of hydrogen-bond donors (Lipinski definition) is 2. The zero-order valence-electron chi connectivity index (χ0n) is 11.9. The highest BCUT2D eigenvalue weighted by Gasteiger charge is 2.22. The Morgan fingerprint density at radius 3 is 2.60 bits per heavy atom. The molecule has 0 aromatic carbocycles. The van der Waals surface area contributed by atoms with Crippen LogP contribution in [0.3, 0.4) is 0 Å². The van der Waals surface area contributed by atoms with Gasteiger partial charge in [0.25, 0.3) is 0 Å². The van der Waals surface area contributed by atoms with Gasteiger partial charge in [-0.05, 0) is 38.0 Å². The highest BCUT2D eigenvalue weighted by molar-refractivity contribution is 5.74. The summed E-state index contributed by atoms with van der Waals surface area (Å²) in [6.07, 6.45) is 10.5. The van der Waals surface area contributed by atoms with Crippen molar-refractivity contribution >= 4 is 12.0 Å². The van der Waals surface area contributed by atoms with Crippen LogP contribution in [0.4, 0.5) is 4.79 Å². The summed E-state index contributed by atoms with van der Waals surface area (Å²) < 4.78 is 0. The lowest BCUT2D eigenvalue weighted by atomic mass is 9.92. The van der Waals surface area contributed by atoms with Gasteiger partial charge >= 0.3 is 12.0 Å². The van der Waals surface area contributed by atoms with Crippen molar-refractivity contribution < 1.29 is 14.7 Å². The van der Waals surface area contributed by atoms with Gasteiger partial charge in [-0.25, -0.2) is 4.79 Å². The fraction of sp³-hybridized carbons (Fsp3) is 0.733. The van der Waals surface area contributed by atoms with Crippen molar-refractivity contribution in [2.45, 2.75) is 44.9 Å². The Morgan fingerprint density at radius 1 is 1.30 bits per heavy atom. The van der Waals surface area contributed by atoms with E-state index in [4.69, 9.17) is 11.5 Å². The minimum atomic E-state index is -0.739. The number of amides is 2. The SMILES string of the molecule is C#CCCCCNC(=O)N1CCC(CCC(=O)O)CC1. The molecule has 5 heteroatoms. The third-order valence-corrected chi connectivity index (χ3v) is 3.69. The summed E-state index contributed by atoms with van der Waals surface area (Å²) in [7, 11) is 0. The van der Waals surface area contributed by atoms with Gasteiger partial charge < -0.3 is 15.3 Å². The molecule has 0 aromatic heterocycles. The van der Waals surface area contributed by atoms with Crippen LogP contribution in [-0.4, -0.2) is 41.6 Å². The first-order chi connectivity index (χ1) is 9.63. The van der Waals surface area contributed by atoms with Crippen molar-refractivity contribution in [3.8, 4) is 12.3 Å². The van der Waals surface area contributed by atoms with Crippen molar-refractivity contribution in [2.75, 3.05) is 19.6 Å². The maximum atomic E-state index is 11.9. The van der Waals surface area contributed by atoms with Crippen molar-refractivity contribution in [1.82, 2.24) is 10.2 Å². The number of carboxylic acids is 1. The molecule has 0 aliphatic carbocycles. The molecule has 2 amide bonds. The Labute approximate surface area is 120 Å². The zero-order valence-corrected chi connectivity index (χ0v) is 11.9. The molecule has 5 nitrogen and oxygen atoms in total. The van der Waals surface area contributed by atoms with E-state index < -0.39 is 5.97 Å². The van der Waals surface area contributed by atoms with Gasteiger partial charge in [-0.3, -0.25) is 4.79 Å². The van der Waals surface area contributed by atoms with E-state index in [-0.39, 0.29) is 12.5 Å². The fourth-order valence-corrected chi connectivity index (χ4v) is 2.41. The molecule has 0 unspecified atom stereocenters. The summed E-state index contributed by atoms with van der Waals surface area (Å²) in [5.74, 6) is 2.28. The number of urea groups is 1. The van der Waals surface area contributed by atoms with Gasteiger partial charge in [0.15, 0.2) is 0 Å². The van der Waals surface area contributed by atoms with Gasteiger partial charge in [0.05, 0.1) is 0 Å². The molecule has 20 heavy (non-hydrogen) atoms. The lowest BCUT2D eigenvalue weighted by Crippen LogP contribution is -2.44. The molecule has 1 heterocycles. The predicted octanol–water partition coefficient (Wildman–Crippen LogP) is 2.08. The first-order valence-electron chi connectivity index (χ1n) is 7.31. The Balaban J connectivity index is 2.12. The number of carbonyl (C=O) groups is 2. The third kappa shape index (κ3) is 6.46. The third-order valence-electron chi connectivity index (χ3n) is 3.69. The van der Waals surface area contributed by atoms with Crippen LogP contribution < -0.4 is 5.32 Å². The van der Waals surface area contributed by atoms with Gasteiger partial charge in [0, 0.05) is 32.5 Å². The van der Waals surface area contributed by atoms with E-state index in [1.165, 1.54) is 0 Å². The Hall–Kier alpha value is -1.70. The standard InChI is InChI=1S/C15H24N2O3/c1-2-3-4-5-10-16-15(20)17-11-8-13(9-12-17)6-7-14(18)19/h1,13H,3-12H2,(H,16,20)(H,18,19). The molecule has 1 fully saturated rings. The summed E-state index contributed by atoms with van der Waals surface area (Å²) in [6, 6.07) is -0.0117. The minimum absolute atomic E-state index is 0.0117.